The summed E-state index contributed by atoms with van der Waals surface area (Å²) in [5, 5.41) is 6.63. The maximum absolute atomic E-state index is 12.1. The lowest BCUT2D eigenvalue weighted by Gasteiger charge is -2.14. The second-order valence-electron chi connectivity index (χ2n) is 6.81. The zero-order valence-electron chi connectivity index (χ0n) is 17.8. The number of carbonyl (C=O) groups excluding carboxylic acids is 1. The van der Waals surface area contributed by atoms with Crippen molar-refractivity contribution >= 4 is 35.8 Å². The SMILES string of the molecule is CN=C(NCCc1cccc(C(=O)N(C)C)c1)NCc1ccc(OC)c(C)c1.I. The zero-order chi connectivity index (χ0) is 20.5. The van der Waals surface area contributed by atoms with Crippen LogP contribution >= 0.6 is 24.0 Å². The van der Waals surface area contributed by atoms with Gasteiger partial charge in [0.2, 0.25) is 0 Å². The van der Waals surface area contributed by atoms with E-state index in [-0.39, 0.29) is 29.9 Å². The standard InChI is InChI=1S/C22H30N4O2.HI/c1-16-13-18(9-10-20(16)28-5)15-25-22(23-2)24-12-11-17-7-6-8-19(14-17)21(27)26(3)4;/h6-10,13-14H,11-12,15H2,1-5H3,(H2,23,24,25);1H. The van der Waals surface area contributed by atoms with E-state index in [1.807, 2.05) is 43.3 Å². The Hall–Kier alpha value is -2.29. The fraction of sp³-hybridized carbons (Fsp3) is 0.364. The maximum Gasteiger partial charge on any atom is 0.253 e. The molecule has 0 saturated carbocycles. The third kappa shape index (κ3) is 7.56. The van der Waals surface area contributed by atoms with Gasteiger partial charge in [-0.3, -0.25) is 9.79 Å². The molecule has 0 saturated heterocycles. The molecule has 7 heteroatoms. The third-order valence-corrected chi connectivity index (χ3v) is 4.43. The van der Waals surface area contributed by atoms with Gasteiger partial charge in [0.05, 0.1) is 7.11 Å². The molecule has 2 aromatic carbocycles. The molecule has 158 valence electrons. The summed E-state index contributed by atoms with van der Waals surface area (Å²) in [6.07, 6.45) is 0.802. The summed E-state index contributed by atoms with van der Waals surface area (Å²) in [6, 6.07) is 13.9. The number of guanidine groups is 1. The van der Waals surface area contributed by atoms with E-state index in [2.05, 4.69) is 21.7 Å². The summed E-state index contributed by atoms with van der Waals surface area (Å²) in [6.45, 7) is 3.43. The highest BCUT2D eigenvalue weighted by Gasteiger charge is 2.08. The van der Waals surface area contributed by atoms with Crippen molar-refractivity contribution in [2.45, 2.75) is 19.9 Å². The number of halogens is 1. The third-order valence-electron chi connectivity index (χ3n) is 4.43. The molecule has 0 fully saturated rings. The van der Waals surface area contributed by atoms with E-state index in [0.29, 0.717) is 12.1 Å². The number of hydrogen-bond donors (Lipinski definition) is 2. The Morgan fingerprint density at radius 3 is 2.48 bits per heavy atom. The molecule has 0 unspecified atom stereocenters. The molecular weight excluding hydrogens is 479 g/mol. The number of amides is 1. The highest BCUT2D eigenvalue weighted by Crippen LogP contribution is 2.18. The molecule has 0 spiro atoms. The number of benzene rings is 2. The first-order valence-electron chi connectivity index (χ1n) is 9.33. The summed E-state index contributed by atoms with van der Waals surface area (Å²) in [5.41, 5.74) is 4.09. The Morgan fingerprint density at radius 2 is 1.86 bits per heavy atom. The van der Waals surface area contributed by atoms with Gasteiger partial charge in [0, 0.05) is 39.8 Å². The van der Waals surface area contributed by atoms with E-state index >= 15 is 0 Å². The van der Waals surface area contributed by atoms with Crippen LogP contribution in [0.25, 0.3) is 0 Å². The molecule has 2 aromatic rings. The van der Waals surface area contributed by atoms with Crippen LogP contribution in [-0.2, 0) is 13.0 Å². The predicted octanol–water partition coefficient (Wildman–Crippen LogP) is 3.23. The lowest BCUT2D eigenvalue weighted by atomic mass is 10.1. The first kappa shape index (κ1) is 24.7. The number of hydrogen-bond acceptors (Lipinski definition) is 3. The zero-order valence-corrected chi connectivity index (χ0v) is 20.1. The lowest BCUT2D eigenvalue weighted by molar-refractivity contribution is 0.0827. The highest BCUT2D eigenvalue weighted by molar-refractivity contribution is 14.0. The number of nitrogens with one attached hydrogen (secondary N) is 2. The smallest absolute Gasteiger partial charge is 0.253 e. The van der Waals surface area contributed by atoms with Crippen molar-refractivity contribution in [3.05, 3.63) is 64.7 Å². The van der Waals surface area contributed by atoms with Crippen molar-refractivity contribution in [1.82, 2.24) is 15.5 Å². The first-order valence-corrected chi connectivity index (χ1v) is 9.33. The van der Waals surface area contributed by atoms with Gasteiger partial charge in [-0.25, -0.2) is 0 Å². The Balaban J connectivity index is 0.00000420. The minimum absolute atomic E-state index is 0. The van der Waals surface area contributed by atoms with Gasteiger partial charge in [0.15, 0.2) is 5.96 Å². The molecule has 29 heavy (non-hydrogen) atoms. The average molecular weight is 510 g/mol. The summed E-state index contributed by atoms with van der Waals surface area (Å²) < 4.78 is 5.30. The van der Waals surface area contributed by atoms with Gasteiger partial charge < -0.3 is 20.3 Å². The van der Waals surface area contributed by atoms with Crippen LogP contribution in [-0.4, -0.2) is 51.6 Å². The summed E-state index contributed by atoms with van der Waals surface area (Å²) in [5.74, 6) is 1.65. The number of ether oxygens (including phenoxy) is 1. The van der Waals surface area contributed by atoms with Gasteiger partial charge >= 0.3 is 0 Å². The molecule has 0 atom stereocenters. The monoisotopic (exact) mass is 510 g/mol. The Bertz CT molecular complexity index is 837. The van der Waals surface area contributed by atoms with Crippen LogP contribution in [0.5, 0.6) is 5.75 Å². The van der Waals surface area contributed by atoms with E-state index in [4.69, 9.17) is 4.74 Å². The van der Waals surface area contributed by atoms with Crippen LogP contribution in [0.3, 0.4) is 0 Å². The fourth-order valence-electron chi connectivity index (χ4n) is 2.90. The van der Waals surface area contributed by atoms with Crippen LogP contribution < -0.4 is 15.4 Å². The summed E-state index contributed by atoms with van der Waals surface area (Å²) in [7, 11) is 6.95. The molecule has 0 aliphatic carbocycles. The molecular formula is C22H31IN4O2. The fourth-order valence-corrected chi connectivity index (χ4v) is 2.90. The van der Waals surface area contributed by atoms with Gasteiger partial charge in [0.1, 0.15) is 5.75 Å². The van der Waals surface area contributed by atoms with E-state index in [1.54, 1.807) is 33.2 Å². The summed E-state index contributed by atoms with van der Waals surface area (Å²) in [4.78, 5) is 17.9. The number of rotatable bonds is 7. The topological polar surface area (TPSA) is 66.0 Å². The van der Waals surface area contributed by atoms with Crippen LogP contribution in [0.1, 0.15) is 27.0 Å². The van der Waals surface area contributed by atoms with Gasteiger partial charge in [-0.05, 0) is 48.2 Å². The lowest BCUT2D eigenvalue weighted by Crippen LogP contribution is -2.37. The molecule has 0 radical (unpaired) electrons. The molecule has 6 nitrogen and oxygen atoms in total. The normalized spacial score (nSPS) is 10.7. The molecule has 1 amide bonds. The Labute approximate surface area is 190 Å². The number of aryl methyl sites for hydroxylation is 1. The number of carbonyl (C=O) groups is 1. The van der Waals surface area contributed by atoms with Crippen molar-refractivity contribution in [1.29, 1.82) is 0 Å². The Morgan fingerprint density at radius 1 is 1.10 bits per heavy atom. The quantitative estimate of drug-likeness (QED) is 0.341. The highest BCUT2D eigenvalue weighted by atomic mass is 127. The van der Waals surface area contributed by atoms with Crippen molar-refractivity contribution in [2.24, 2.45) is 4.99 Å². The minimum atomic E-state index is 0. The van der Waals surface area contributed by atoms with E-state index in [1.165, 1.54) is 0 Å². The molecule has 0 bridgehead atoms. The molecule has 0 heterocycles. The Kier molecular flexibility index (Phi) is 10.5. The van der Waals surface area contributed by atoms with Crippen LogP contribution in [0.15, 0.2) is 47.5 Å². The second-order valence-corrected chi connectivity index (χ2v) is 6.81. The first-order chi connectivity index (χ1) is 13.4. The van der Waals surface area contributed by atoms with Crippen LogP contribution in [0, 0.1) is 6.92 Å². The number of nitrogens with zero attached hydrogens (tertiary/aromatic N) is 2. The van der Waals surface area contributed by atoms with Gasteiger partial charge in [-0.1, -0.05) is 24.3 Å². The van der Waals surface area contributed by atoms with Crippen LogP contribution in [0.2, 0.25) is 0 Å². The molecule has 0 aliphatic heterocycles. The van der Waals surface area contributed by atoms with Crippen molar-refractivity contribution in [3.63, 3.8) is 0 Å². The largest absolute Gasteiger partial charge is 0.496 e. The molecule has 2 rings (SSSR count). The van der Waals surface area contributed by atoms with Crippen molar-refractivity contribution in [2.75, 3.05) is 34.8 Å². The maximum atomic E-state index is 12.1. The van der Waals surface area contributed by atoms with E-state index < -0.39 is 0 Å². The van der Waals surface area contributed by atoms with Crippen LogP contribution in [0.4, 0.5) is 0 Å². The molecule has 2 N–H and O–H groups in total. The number of aliphatic imine (C=N–C) groups is 1. The van der Waals surface area contributed by atoms with Gasteiger partial charge in [-0.15, -0.1) is 24.0 Å². The predicted molar refractivity (Wildman–Crippen MR) is 130 cm³/mol. The second kappa shape index (κ2) is 12.3. The molecule has 0 aromatic heterocycles. The molecule has 0 aliphatic rings. The average Bonchev–Trinajstić information content (AvgIpc) is 2.70. The van der Waals surface area contributed by atoms with Gasteiger partial charge in [-0.2, -0.15) is 0 Å². The van der Waals surface area contributed by atoms with Crippen molar-refractivity contribution < 1.29 is 9.53 Å². The van der Waals surface area contributed by atoms with Crippen molar-refractivity contribution in [3.8, 4) is 5.75 Å². The number of methoxy groups -OCH3 is 1. The summed E-state index contributed by atoms with van der Waals surface area (Å²) >= 11 is 0. The van der Waals surface area contributed by atoms with Gasteiger partial charge in [0.25, 0.3) is 5.91 Å². The minimum Gasteiger partial charge on any atom is -0.496 e. The van der Waals surface area contributed by atoms with E-state index in [9.17, 15) is 4.79 Å². The van der Waals surface area contributed by atoms with E-state index in [0.717, 1.165) is 41.4 Å².